The molecule has 1 aromatic rings. The van der Waals surface area contributed by atoms with E-state index in [2.05, 4.69) is 17.6 Å². The number of hydrogen-bond donors (Lipinski definition) is 2. The van der Waals surface area contributed by atoms with Gasteiger partial charge < -0.3 is 10.6 Å². The van der Waals surface area contributed by atoms with E-state index in [4.69, 9.17) is 0 Å². The maximum absolute atomic E-state index is 12.0. The van der Waals surface area contributed by atoms with Crippen molar-refractivity contribution < 1.29 is 9.59 Å². The lowest BCUT2D eigenvalue weighted by Crippen LogP contribution is -2.29. The van der Waals surface area contributed by atoms with Crippen LogP contribution in [-0.4, -0.2) is 29.9 Å². The molecule has 1 aliphatic heterocycles. The lowest BCUT2D eigenvalue weighted by molar-refractivity contribution is -0.116. The molecule has 1 heterocycles. The van der Waals surface area contributed by atoms with Crippen molar-refractivity contribution in [1.29, 1.82) is 0 Å². The van der Waals surface area contributed by atoms with E-state index < -0.39 is 0 Å². The van der Waals surface area contributed by atoms with E-state index in [0.29, 0.717) is 30.2 Å². The Morgan fingerprint density at radius 1 is 1.47 bits per heavy atom. The number of benzene rings is 1. The lowest BCUT2D eigenvalue weighted by Gasteiger charge is -2.17. The van der Waals surface area contributed by atoms with Gasteiger partial charge in [0.1, 0.15) is 0 Å². The summed E-state index contributed by atoms with van der Waals surface area (Å²) in [6, 6.07) is 5.43. The van der Waals surface area contributed by atoms with Crippen LogP contribution in [0.3, 0.4) is 0 Å². The van der Waals surface area contributed by atoms with Crippen LogP contribution < -0.4 is 10.6 Å². The van der Waals surface area contributed by atoms with Crippen molar-refractivity contribution in [2.75, 3.05) is 18.1 Å². The highest BCUT2D eigenvalue weighted by Crippen LogP contribution is 2.23. The van der Waals surface area contributed by atoms with E-state index in [1.54, 1.807) is 23.9 Å². The van der Waals surface area contributed by atoms with Gasteiger partial charge in [0.15, 0.2) is 0 Å². The maximum atomic E-state index is 12.0. The average molecular weight is 278 g/mol. The summed E-state index contributed by atoms with van der Waals surface area (Å²) in [4.78, 5) is 23.3. The maximum Gasteiger partial charge on any atom is 0.251 e. The first-order valence-electron chi connectivity index (χ1n) is 6.34. The third-order valence-electron chi connectivity index (χ3n) is 3.22. The standard InChI is InChI=1S/C14H18N2O2S/c1-9(19-2)8-15-14(18)11-3-5-12-10(7-11)4-6-13(17)16-12/h3,5,7,9H,4,6,8H2,1-2H3,(H,15,18)(H,16,17). The smallest absolute Gasteiger partial charge is 0.251 e. The van der Waals surface area contributed by atoms with Crippen molar-refractivity contribution >= 4 is 29.3 Å². The molecule has 1 aromatic carbocycles. The van der Waals surface area contributed by atoms with Gasteiger partial charge in [0.05, 0.1) is 0 Å². The van der Waals surface area contributed by atoms with Crippen LogP contribution in [0.5, 0.6) is 0 Å². The van der Waals surface area contributed by atoms with Crippen LogP contribution in [0.1, 0.15) is 29.3 Å². The number of hydrogen-bond acceptors (Lipinski definition) is 3. The van der Waals surface area contributed by atoms with Gasteiger partial charge in [-0.1, -0.05) is 6.92 Å². The minimum absolute atomic E-state index is 0.0403. The van der Waals surface area contributed by atoms with Gasteiger partial charge in [-0.25, -0.2) is 0 Å². The van der Waals surface area contributed by atoms with Crippen LogP contribution in [-0.2, 0) is 11.2 Å². The molecule has 0 bridgehead atoms. The first-order chi connectivity index (χ1) is 9.10. The zero-order chi connectivity index (χ0) is 13.8. The fourth-order valence-corrected chi connectivity index (χ4v) is 2.20. The van der Waals surface area contributed by atoms with Gasteiger partial charge in [-0.2, -0.15) is 11.8 Å². The van der Waals surface area contributed by atoms with Crippen molar-refractivity contribution in [2.24, 2.45) is 0 Å². The number of amides is 2. The fourth-order valence-electron chi connectivity index (χ4n) is 1.95. The van der Waals surface area contributed by atoms with Crippen molar-refractivity contribution in [3.05, 3.63) is 29.3 Å². The van der Waals surface area contributed by atoms with Gasteiger partial charge >= 0.3 is 0 Å². The van der Waals surface area contributed by atoms with Crippen LogP contribution in [0.2, 0.25) is 0 Å². The second kappa shape index (κ2) is 6.10. The summed E-state index contributed by atoms with van der Waals surface area (Å²) in [5.41, 5.74) is 2.51. The number of rotatable bonds is 4. The highest BCUT2D eigenvalue weighted by molar-refractivity contribution is 7.99. The van der Waals surface area contributed by atoms with E-state index in [9.17, 15) is 9.59 Å². The molecule has 2 rings (SSSR count). The van der Waals surface area contributed by atoms with E-state index in [1.165, 1.54) is 0 Å². The van der Waals surface area contributed by atoms with Crippen LogP contribution in [0.4, 0.5) is 5.69 Å². The molecule has 0 radical (unpaired) electrons. The molecule has 0 fully saturated rings. The Hall–Kier alpha value is -1.49. The minimum atomic E-state index is -0.0550. The number of fused-ring (bicyclic) bond motifs is 1. The molecule has 1 aliphatic rings. The third kappa shape index (κ3) is 3.50. The van der Waals surface area contributed by atoms with Gasteiger partial charge in [-0.05, 0) is 36.4 Å². The largest absolute Gasteiger partial charge is 0.351 e. The van der Waals surface area contributed by atoms with Crippen molar-refractivity contribution in [3.8, 4) is 0 Å². The number of thioether (sulfide) groups is 1. The van der Waals surface area contributed by atoms with Crippen LogP contribution in [0.15, 0.2) is 18.2 Å². The Morgan fingerprint density at radius 2 is 2.26 bits per heavy atom. The molecule has 0 saturated carbocycles. The SMILES string of the molecule is CSC(C)CNC(=O)c1ccc2c(c1)CCC(=O)N2. The Labute approximate surface area is 117 Å². The monoisotopic (exact) mass is 278 g/mol. The lowest BCUT2D eigenvalue weighted by atomic mass is 10.00. The molecule has 1 atom stereocenters. The normalized spacial score (nSPS) is 15.4. The predicted octanol–water partition coefficient (Wildman–Crippen LogP) is 2.05. The van der Waals surface area contributed by atoms with Crippen LogP contribution in [0, 0.1) is 0 Å². The van der Waals surface area contributed by atoms with Gasteiger partial charge in [-0.15, -0.1) is 0 Å². The first-order valence-corrected chi connectivity index (χ1v) is 7.62. The molecule has 0 aliphatic carbocycles. The molecule has 19 heavy (non-hydrogen) atoms. The van der Waals surface area contributed by atoms with Crippen molar-refractivity contribution in [3.63, 3.8) is 0 Å². The van der Waals surface area contributed by atoms with E-state index in [0.717, 1.165) is 11.3 Å². The number of carbonyl (C=O) groups is 2. The quantitative estimate of drug-likeness (QED) is 0.886. The molecule has 0 aromatic heterocycles. The number of aryl methyl sites for hydroxylation is 1. The molecule has 0 spiro atoms. The van der Waals surface area contributed by atoms with Crippen LogP contribution in [0.25, 0.3) is 0 Å². The molecule has 4 nitrogen and oxygen atoms in total. The number of anilines is 1. The second-order valence-electron chi connectivity index (χ2n) is 4.68. The van der Waals surface area contributed by atoms with E-state index >= 15 is 0 Å². The molecular weight excluding hydrogens is 260 g/mol. The fraction of sp³-hybridized carbons (Fsp3) is 0.429. The summed E-state index contributed by atoms with van der Waals surface area (Å²) >= 11 is 1.72. The van der Waals surface area contributed by atoms with Gasteiger partial charge in [-0.3, -0.25) is 9.59 Å². The Bertz CT molecular complexity index is 502. The molecule has 5 heteroatoms. The molecule has 102 valence electrons. The summed E-state index contributed by atoms with van der Waals surface area (Å²) in [5.74, 6) is -0.0147. The first kappa shape index (κ1) is 13.9. The Morgan fingerprint density at radius 3 is 3.00 bits per heavy atom. The zero-order valence-corrected chi connectivity index (χ0v) is 12.0. The molecule has 2 amide bonds. The Kier molecular flexibility index (Phi) is 4.47. The summed E-state index contributed by atoms with van der Waals surface area (Å²) in [6.45, 7) is 2.74. The van der Waals surface area contributed by atoms with Crippen molar-refractivity contribution in [1.82, 2.24) is 5.32 Å². The number of carbonyl (C=O) groups excluding carboxylic acids is 2. The summed E-state index contributed by atoms with van der Waals surface area (Å²) < 4.78 is 0. The topological polar surface area (TPSA) is 58.2 Å². The zero-order valence-electron chi connectivity index (χ0n) is 11.2. The Balaban J connectivity index is 2.05. The van der Waals surface area contributed by atoms with E-state index in [1.807, 2.05) is 12.3 Å². The summed E-state index contributed by atoms with van der Waals surface area (Å²) in [5, 5.41) is 6.13. The molecule has 0 saturated heterocycles. The molecular formula is C14H18N2O2S. The van der Waals surface area contributed by atoms with E-state index in [-0.39, 0.29) is 11.8 Å². The third-order valence-corrected chi connectivity index (χ3v) is 4.19. The van der Waals surface area contributed by atoms with Gasteiger partial charge in [0, 0.05) is 29.5 Å². The summed E-state index contributed by atoms with van der Waals surface area (Å²) in [6.07, 6.45) is 3.21. The average Bonchev–Trinajstić information content (AvgIpc) is 2.43. The van der Waals surface area contributed by atoms with Crippen molar-refractivity contribution in [2.45, 2.75) is 25.0 Å². The van der Waals surface area contributed by atoms with Gasteiger partial charge in [0.2, 0.25) is 5.91 Å². The number of nitrogens with one attached hydrogen (secondary N) is 2. The summed E-state index contributed by atoms with van der Waals surface area (Å²) in [7, 11) is 0. The highest BCUT2D eigenvalue weighted by atomic mass is 32.2. The second-order valence-corrected chi connectivity index (χ2v) is 5.95. The molecule has 2 N–H and O–H groups in total. The molecule has 1 unspecified atom stereocenters. The predicted molar refractivity (Wildman–Crippen MR) is 78.7 cm³/mol. The van der Waals surface area contributed by atoms with Crippen LogP contribution >= 0.6 is 11.8 Å². The minimum Gasteiger partial charge on any atom is -0.351 e. The highest BCUT2D eigenvalue weighted by Gasteiger charge is 2.16. The van der Waals surface area contributed by atoms with Gasteiger partial charge in [0.25, 0.3) is 5.91 Å².